The van der Waals surface area contributed by atoms with Gasteiger partial charge in [-0.25, -0.2) is 8.42 Å². The molecule has 1 N–H and O–H groups in total. The van der Waals surface area contributed by atoms with Gasteiger partial charge in [0.15, 0.2) is 9.84 Å². The molecule has 0 bridgehead atoms. The molecule has 3 rings (SSSR count). The Kier molecular flexibility index (Phi) is 2.87. The minimum absolute atomic E-state index is 0.186. The van der Waals surface area contributed by atoms with E-state index in [-0.39, 0.29) is 11.8 Å². The van der Waals surface area contributed by atoms with Crippen LogP contribution in [0.2, 0.25) is 0 Å². The number of hydrogen-bond acceptors (Lipinski definition) is 5. The van der Waals surface area contributed by atoms with E-state index >= 15 is 0 Å². The molecule has 5 nitrogen and oxygen atoms in total. The van der Waals surface area contributed by atoms with Crippen LogP contribution in [0.15, 0.2) is 24.3 Å². The van der Waals surface area contributed by atoms with Crippen molar-refractivity contribution in [2.75, 3.05) is 12.9 Å². The standard InChI is InChI=1S/C13H15NO4S/c1-18-13(15)10-7-19(16,17)11-6-8-4-2-3-5-9(8)12(11)14-10/h2-5,10-12,14H,6-7H2,1H3. The molecule has 0 aromatic heterocycles. The second-order valence-electron chi connectivity index (χ2n) is 4.99. The van der Waals surface area contributed by atoms with Gasteiger partial charge in [-0.2, -0.15) is 0 Å². The van der Waals surface area contributed by atoms with E-state index in [1.54, 1.807) is 0 Å². The van der Waals surface area contributed by atoms with Crippen LogP contribution in [0.4, 0.5) is 0 Å². The average molecular weight is 281 g/mol. The van der Waals surface area contributed by atoms with Crippen molar-refractivity contribution < 1.29 is 17.9 Å². The van der Waals surface area contributed by atoms with Gasteiger partial charge in [0.25, 0.3) is 0 Å². The lowest BCUT2D eigenvalue weighted by Crippen LogP contribution is -2.54. The van der Waals surface area contributed by atoms with Crippen LogP contribution in [0.3, 0.4) is 0 Å². The fourth-order valence-corrected chi connectivity index (χ4v) is 5.01. The molecule has 2 aliphatic rings. The van der Waals surface area contributed by atoms with Crippen LogP contribution in [0.1, 0.15) is 17.2 Å². The van der Waals surface area contributed by atoms with Gasteiger partial charge in [0.2, 0.25) is 0 Å². The summed E-state index contributed by atoms with van der Waals surface area (Å²) in [5.74, 6) is -0.708. The van der Waals surface area contributed by atoms with Crippen LogP contribution < -0.4 is 5.32 Å². The number of esters is 1. The lowest BCUT2D eigenvalue weighted by Gasteiger charge is -2.32. The Morgan fingerprint density at radius 1 is 1.37 bits per heavy atom. The highest BCUT2D eigenvalue weighted by molar-refractivity contribution is 7.92. The first kappa shape index (κ1) is 12.6. The molecule has 1 fully saturated rings. The van der Waals surface area contributed by atoms with E-state index in [9.17, 15) is 13.2 Å². The minimum Gasteiger partial charge on any atom is -0.468 e. The molecule has 1 aliphatic heterocycles. The molecule has 0 radical (unpaired) electrons. The van der Waals surface area contributed by atoms with Crippen molar-refractivity contribution in [2.24, 2.45) is 0 Å². The molecule has 3 unspecified atom stereocenters. The highest BCUT2D eigenvalue weighted by Crippen LogP contribution is 2.38. The van der Waals surface area contributed by atoms with Crippen molar-refractivity contribution in [1.29, 1.82) is 0 Å². The minimum atomic E-state index is -3.30. The monoisotopic (exact) mass is 281 g/mol. The zero-order chi connectivity index (χ0) is 13.6. The highest BCUT2D eigenvalue weighted by Gasteiger charge is 2.48. The van der Waals surface area contributed by atoms with Gasteiger partial charge < -0.3 is 4.74 Å². The average Bonchev–Trinajstić information content (AvgIpc) is 2.77. The maximum absolute atomic E-state index is 12.3. The predicted octanol–water partition coefficient (Wildman–Crippen LogP) is 0.212. The SMILES string of the molecule is COC(=O)C1CS(=O)(=O)C2Cc3ccccc3C2N1. The van der Waals surface area contributed by atoms with Crippen molar-refractivity contribution in [2.45, 2.75) is 23.8 Å². The van der Waals surface area contributed by atoms with Gasteiger partial charge in [0.05, 0.1) is 24.2 Å². The largest absolute Gasteiger partial charge is 0.468 e. The van der Waals surface area contributed by atoms with Gasteiger partial charge in [0, 0.05) is 0 Å². The Labute approximate surface area is 111 Å². The number of ether oxygens (including phenoxy) is 1. The third-order valence-electron chi connectivity index (χ3n) is 3.91. The molecule has 1 aliphatic carbocycles. The summed E-state index contributed by atoms with van der Waals surface area (Å²) in [6, 6.07) is 6.57. The molecule has 1 saturated heterocycles. The second kappa shape index (κ2) is 4.31. The number of carbonyl (C=O) groups excluding carboxylic acids is 1. The van der Waals surface area contributed by atoms with Crippen LogP contribution in [0.5, 0.6) is 0 Å². The molecule has 0 amide bonds. The number of benzene rings is 1. The fourth-order valence-electron chi connectivity index (χ4n) is 2.99. The Morgan fingerprint density at radius 3 is 2.84 bits per heavy atom. The van der Waals surface area contributed by atoms with E-state index in [0.29, 0.717) is 6.42 Å². The van der Waals surface area contributed by atoms with Gasteiger partial charge in [-0.05, 0) is 17.5 Å². The number of methoxy groups -OCH3 is 1. The summed E-state index contributed by atoms with van der Waals surface area (Å²) in [4.78, 5) is 11.6. The summed E-state index contributed by atoms with van der Waals surface area (Å²) >= 11 is 0. The van der Waals surface area contributed by atoms with Crippen LogP contribution >= 0.6 is 0 Å². The topological polar surface area (TPSA) is 72.5 Å². The maximum Gasteiger partial charge on any atom is 0.323 e. The molecule has 0 spiro atoms. The molecular weight excluding hydrogens is 266 g/mol. The molecule has 1 aromatic carbocycles. The number of hydrogen-bond donors (Lipinski definition) is 1. The zero-order valence-corrected chi connectivity index (χ0v) is 11.3. The summed E-state index contributed by atoms with van der Waals surface area (Å²) in [5, 5.41) is 2.66. The molecule has 19 heavy (non-hydrogen) atoms. The number of carbonyl (C=O) groups is 1. The third kappa shape index (κ3) is 1.95. The van der Waals surface area contributed by atoms with Gasteiger partial charge in [-0.1, -0.05) is 24.3 Å². The Hall–Kier alpha value is -1.40. The lowest BCUT2D eigenvalue weighted by molar-refractivity contribution is -0.142. The van der Waals surface area contributed by atoms with Crippen molar-refractivity contribution in [3.8, 4) is 0 Å². The first-order valence-corrected chi connectivity index (χ1v) is 7.88. The Balaban J connectivity index is 2.00. The van der Waals surface area contributed by atoms with Crippen molar-refractivity contribution >= 4 is 15.8 Å². The van der Waals surface area contributed by atoms with E-state index in [0.717, 1.165) is 11.1 Å². The Morgan fingerprint density at radius 2 is 2.11 bits per heavy atom. The second-order valence-corrected chi connectivity index (χ2v) is 7.26. The van der Waals surface area contributed by atoms with Gasteiger partial charge >= 0.3 is 5.97 Å². The first-order chi connectivity index (χ1) is 9.03. The molecule has 1 aromatic rings. The van der Waals surface area contributed by atoms with E-state index in [1.165, 1.54) is 7.11 Å². The Bertz CT molecular complexity index is 625. The molecule has 6 heteroatoms. The summed E-state index contributed by atoms with van der Waals surface area (Å²) in [7, 11) is -2.03. The van der Waals surface area contributed by atoms with Gasteiger partial charge in [-0.3, -0.25) is 10.1 Å². The molecule has 3 atom stereocenters. The van der Waals surface area contributed by atoms with Crippen molar-refractivity contribution in [3.05, 3.63) is 35.4 Å². The van der Waals surface area contributed by atoms with E-state index in [4.69, 9.17) is 0 Å². The normalized spacial score (nSPS) is 31.3. The van der Waals surface area contributed by atoms with E-state index < -0.39 is 27.1 Å². The molecule has 102 valence electrons. The summed E-state index contributed by atoms with van der Waals surface area (Å²) in [6.07, 6.45) is 0.518. The van der Waals surface area contributed by atoms with E-state index in [1.807, 2.05) is 24.3 Å². The summed E-state index contributed by atoms with van der Waals surface area (Å²) in [6.45, 7) is 0. The maximum atomic E-state index is 12.3. The van der Waals surface area contributed by atoms with Crippen LogP contribution in [0, 0.1) is 0 Å². The highest BCUT2D eigenvalue weighted by atomic mass is 32.2. The molecule has 0 saturated carbocycles. The van der Waals surface area contributed by atoms with Gasteiger partial charge in [-0.15, -0.1) is 0 Å². The van der Waals surface area contributed by atoms with Crippen molar-refractivity contribution in [1.82, 2.24) is 5.32 Å². The van der Waals surface area contributed by atoms with E-state index in [2.05, 4.69) is 10.1 Å². The molecular formula is C13H15NO4S. The van der Waals surface area contributed by atoms with Crippen molar-refractivity contribution in [3.63, 3.8) is 0 Å². The number of rotatable bonds is 1. The lowest BCUT2D eigenvalue weighted by atomic mass is 10.1. The van der Waals surface area contributed by atoms with Gasteiger partial charge in [0.1, 0.15) is 6.04 Å². The number of nitrogens with one attached hydrogen (secondary N) is 1. The smallest absolute Gasteiger partial charge is 0.323 e. The summed E-state index contributed by atoms with van der Waals surface area (Å²) in [5.41, 5.74) is 2.02. The van der Waals surface area contributed by atoms with Crippen LogP contribution in [0.25, 0.3) is 0 Å². The molecule has 1 heterocycles. The zero-order valence-electron chi connectivity index (χ0n) is 10.5. The third-order valence-corrected chi connectivity index (χ3v) is 6.07. The predicted molar refractivity (Wildman–Crippen MR) is 69.4 cm³/mol. The van der Waals surface area contributed by atoms with Crippen LogP contribution in [-0.2, 0) is 25.8 Å². The quantitative estimate of drug-likeness (QED) is 0.745. The van der Waals surface area contributed by atoms with Crippen LogP contribution in [-0.4, -0.2) is 38.5 Å². The number of fused-ring (bicyclic) bond motifs is 3. The number of sulfone groups is 1. The fraction of sp³-hybridized carbons (Fsp3) is 0.462. The summed E-state index contributed by atoms with van der Waals surface area (Å²) < 4.78 is 29.3. The first-order valence-electron chi connectivity index (χ1n) is 6.16.